The van der Waals surface area contributed by atoms with Gasteiger partial charge in [-0.1, -0.05) is 32.6 Å². The fraction of sp³-hybridized carbons (Fsp3) is 0.385. The first-order valence-electron chi connectivity index (χ1n) is 11.3. The van der Waals surface area contributed by atoms with Gasteiger partial charge in [0, 0.05) is 30.9 Å². The minimum absolute atomic E-state index is 0.0263. The van der Waals surface area contributed by atoms with Gasteiger partial charge in [-0.15, -0.1) is 0 Å². The molecule has 0 aliphatic carbocycles. The van der Waals surface area contributed by atoms with Gasteiger partial charge < -0.3 is 15.2 Å². The standard InChI is InChI=1S/C26H34N4O3/c1-17(2)21-14-22(23(31)15-24(21)33-5)18(3)30(25(27)26(32)28-4)20-10-8-19(9-11-20)16-29-12-6-7-13-29/h8-11,14-15,17,27,31H,3,6-7,12-13,16H2,1-2,4-5H3,(H,28,32). The third kappa shape index (κ3) is 5.37. The van der Waals surface area contributed by atoms with Crippen molar-refractivity contribution in [3.8, 4) is 11.5 Å². The Morgan fingerprint density at radius 1 is 1.24 bits per heavy atom. The molecule has 1 amide bonds. The highest BCUT2D eigenvalue weighted by atomic mass is 16.5. The summed E-state index contributed by atoms with van der Waals surface area (Å²) in [5.74, 6) is -0.130. The summed E-state index contributed by atoms with van der Waals surface area (Å²) >= 11 is 0. The molecule has 1 fully saturated rings. The summed E-state index contributed by atoms with van der Waals surface area (Å²) in [6, 6.07) is 11.2. The molecular formula is C26H34N4O3. The summed E-state index contributed by atoms with van der Waals surface area (Å²) in [5.41, 5.74) is 3.47. The molecule has 0 radical (unpaired) electrons. The van der Waals surface area contributed by atoms with E-state index in [1.165, 1.54) is 30.4 Å². The van der Waals surface area contributed by atoms with Crippen LogP contribution in [0, 0.1) is 5.41 Å². The number of nitrogens with zero attached hydrogens (tertiary/aromatic N) is 2. The number of methoxy groups -OCH3 is 1. The van der Waals surface area contributed by atoms with E-state index in [1.54, 1.807) is 13.2 Å². The Morgan fingerprint density at radius 2 is 1.88 bits per heavy atom. The quantitative estimate of drug-likeness (QED) is 0.432. The molecule has 3 rings (SSSR count). The molecular weight excluding hydrogens is 416 g/mol. The van der Waals surface area contributed by atoms with Crippen molar-refractivity contribution in [2.45, 2.75) is 39.2 Å². The second kappa shape index (κ2) is 10.5. The largest absolute Gasteiger partial charge is 0.507 e. The van der Waals surface area contributed by atoms with Gasteiger partial charge in [0.1, 0.15) is 11.5 Å². The van der Waals surface area contributed by atoms with Crippen molar-refractivity contribution in [2.75, 3.05) is 32.1 Å². The normalized spacial score (nSPS) is 13.7. The van der Waals surface area contributed by atoms with Gasteiger partial charge in [-0.25, -0.2) is 0 Å². The van der Waals surface area contributed by atoms with E-state index in [0.717, 1.165) is 25.2 Å². The number of hydrogen-bond donors (Lipinski definition) is 3. The minimum Gasteiger partial charge on any atom is -0.507 e. The van der Waals surface area contributed by atoms with Gasteiger partial charge in [-0.05, 0) is 61.2 Å². The molecule has 1 aliphatic heterocycles. The molecule has 1 heterocycles. The van der Waals surface area contributed by atoms with Gasteiger partial charge in [0.05, 0.1) is 12.8 Å². The molecule has 0 saturated carbocycles. The highest BCUT2D eigenvalue weighted by Crippen LogP contribution is 2.38. The Balaban J connectivity index is 1.99. The number of amides is 1. The molecule has 2 aromatic rings. The molecule has 33 heavy (non-hydrogen) atoms. The molecule has 0 atom stereocenters. The van der Waals surface area contributed by atoms with E-state index in [2.05, 4.69) is 16.8 Å². The minimum atomic E-state index is -0.547. The first-order chi connectivity index (χ1) is 15.8. The number of likely N-dealkylation sites (tertiary alicyclic amines) is 1. The van der Waals surface area contributed by atoms with E-state index in [-0.39, 0.29) is 17.5 Å². The number of aromatic hydroxyl groups is 1. The number of phenols is 1. The lowest BCUT2D eigenvalue weighted by atomic mass is 9.97. The maximum atomic E-state index is 12.4. The third-order valence-electron chi connectivity index (χ3n) is 6.02. The molecule has 0 spiro atoms. The zero-order chi connectivity index (χ0) is 24.1. The lowest BCUT2D eigenvalue weighted by molar-refractivity contribution is -0.114. The molecule has 7 heteroatoms. The van der Waals surface area contributed by atoms with Crippen LogP contribution in [0.15, 0.2) is 43.0 Å². The molecule has 176 valence electrons. The number of phenolic OH excluding ortho intramolecular Hbond substituents is 1. The van der Waals surface area contributed by atoms with Crippen molar-refractivity contribution in [1.82, 2.24) is 10.2 Å². The van der Waals surface area contributed by atoms with E-state index < -0.39 is 5.91 Å². The lowest BCUT2D eigenvalue weighted by Crippen LogP contribution is -2.40. The summed E-state index contributed by atoms with van der Waals surface area (Å²) in [6.07, 6.45) is 2.47. The highest BCUT2D eigenvalue weighted by molar-refractivity contribution is 6.44. The number of carbonyl (C=O) groups is 1. The van der Waals surface area contributed by atoms with Crippen LogP contribution in [0.4, 0.5) is 5.69 Å². The van der Waals surface area contributed by atoms with Crippen molar-refractivity contribution < 1.29 is 14.6 Å². The van der Waals surface area contributed by atoms with Crippen LogP contribution in [0.25, 0.3) is 5.70 Å². The third-order valence-corrected chi connectivity index (χ3v) is 6.02. The number of anilines is 1. The van der Waals surface area contributed by atoms with Gasteiger partial charge in [-0.2, -0.15) is 0 Å². The zero-order valence-electron chi connectivity index (χ0n) is 19.9. The molecule has 3 N–H and O–H groups in total. The van der Waals surface area contributed by atoms with E-state index in [4.69, 9.17) is 10.1 Å². The molecule has 0 unspecified atom stereocenters. The van der Waals surface area contributed by atoms with Crippen LogP contribution in [0.2, 0.25) is 0 Å². The summed E-state index contributed by atoms with van der Waals surface area (Å²) in [4.78, 5) is 16.3. The predicted octanol–water partition coefficient (Wildman–Crippen LogP) is 4.32. The first-order valence-corrected chi connectivity index (χ1v) is 11.3. The van der Waals surface area contributed by atoms with Gasteiger partial charge in [0.25, 0.3) is 5.91 Å². The number of ether oxygens (including phenoxy) is 1. The van der Waals surface area contributed by atoms with Gasteiger partial charge in [-0.3, -0.25) is 20.0 Å². The van der Waals surface area contributed by atoms with E-state index in [9.17, 15) is 9.90 Å². The topological polar surface area (TPSA) is 88.9 Å². The molecule has 2 aromatic carbocycles. The van der Waals surface area contributed by atoms with Crippen LogP contribution < -0.4 is 15.0 Å². The fourth-order valence-electron chi connectivity index (χ4n) is 4.15. The second-order valence-corrected chi connectivity index (χ2v) is 8.63. The van der Waals surface area contributed by atoms with Crippen LogP contribution in [-0.2, 0) is 11.3 Å². The summed E-state index contributed by atoms with van der Waals surface area (Å²) < 4.78 is 5.42. The van der Waals surface area contributed by atoms with E-state index >= 15 is 0 Å². The molecule has 1 saturated heterocycles. The number of nitrogens with one attached hydrogen (secondary N) is 2. The second-order valence-electron chi connectivity index (χ2n) is 8.63. The van der Waals surface area contributed by atoms with Crippen molar-refractivity contribution in [3.63, 3.8) is 0 Å². The van der Waals surface area contributed by atoms with E-state index in [1.807, 2.05) is 44.2 Å². The Kier molecular flexibility index (Phi) is 7.76. The Hall–Kier alpha value is -3.32. The van der Waals surface area contributed by atoms with Crippen LogP contribution in [0.3, 0.4) is 0 Å². The van der Waals surface area contributed by atoms with Crippen molar-refractivity contribution >= 4 is 23.1 Å². The summed E-state index contributed by atoms with van der Waals surface area (Å²) in [7, 11) is 3.05. The van der Waals surface area contributed by atoms with Crippen LogP contribution in [0.5, 0.6) is 11.5 Å². The van der Waals surface area contributed by atoms with Crippen LogP contribution >= 0.6 is 0 Å². The Labute approximate surface area is 196 Å². The average Bonchev–Trinajstić information content (AvgIpc) is 3.32. The van der Waals surface area contributed by atoms with Gasteiger partial charge >= 0.3 is 0 Å². The molecule has 7 nitrogen and oxygen atoms in total. The molecule has 0 bridgehead atoms. The van der Waals surface area contributed by atoms with Crippen LogP contribution in [-0.4, -0.2) is 49.0 Å². The SMILES string of the molecule is C=C(c1cc(C(C)C)c(OC)cc1O)N(C(=N)C(=O)NC)c1ccc(CN2CCCC2)cc1. The van der Waals surface area contributed by atoms with Crippen LogP contribution in [0.1, 0.15) is 49.3 Å². The van der Waals surface area contributed by atoms with Crippen molar-refractivity contribution in [2.24, 2.45) is 0 Å². The smallest absolute Gasteiger partial charge is 0.286 e. The van der Waals surface area contributed by atoms with Crippen molar-refractivity contribution in [1.29, 1.82) is 5.41 Å². The Morgan fingerprint density at radius 3 is 2.42 bits per heavy atom. The predicted molar refractivity (Wildman–Crippen MR) is 133 cm³/mol. The van der Waals surface area contributed by atoms with Gasteiger partial charge in [0.2, 0.25) is 0 Å². The fourth-order valence-corrected chi connectivity index (χ4v) is 4.15. The monoisotopic (exact) mass is 450 g/mol. The zero-order valence-corrected chi connectivity index (χ0v) is 19.9. The highest BCUT2D eigenvalue weighted by Gasteiger charge is 2.25. The first kappa shape index (κ1) is 24.3. The van der Waals surface area contributed by atoms with Crippen molar-refractivity contribution in [3.05, 3.63) is 59.7 Å². The molecule has 1 aliphatic rings. The number of hydrogen-bond acceptors (Lipinski definition) is 5. The number of amidine groups is 1. The van der Waals surface area contributed by atoms with E-state index in [0.29, 0.717) is 22.7 Å². The number of carbonyl (C=O) groups excluding carboxylic acids is 1. The van der Waals surface area contributed by atoms with Gasteiger partial charge in [0.15, 0.2) is 5.84 Å². The number of rotatable bonds is 7. The average molecular weight is 451 g/mol. The number of benzene rings is 2. The lowest BCUT2D eigenvalue weighted by Gasteiger charge is -2.28. The maximum Gasteiger partial charge on any atom is 0.286 e. The Bertz CT molecular complexity index is 1020. The number of likely N-dealkylation sites (N-methyl/N-ethyl adjacent to an activating group) is 1. The summed E-state index contributed by atoms with van der Waals surface area (Å²) in [6.45, 7) is 11.3. The molecule has 0 aromatic heterocycles. The summed E-state index contributed by atoms with van der Waals surface area (Å²) in [5, 5.41) is 21.8. The maximum absolute atomic E-state index is 12.4.